The summed E-state index contributed by atoms with van der Waals surface area (Å²) in [6, 6.07) is 6.00. The Morgan fingerprint density at radius 2 is 2.37 bits per heavy atom. The standard InChI is InChI=1S/C14H22N4O/c1-11-6-8-18(10-12-5-3-4-7-16-12)13(9-15-2)14(19)17-11/h3-5,7,11,13,15H,6,8-10H2,1-2H3,(H,17,19). The van der Waals surface area contributed by atoms with E-state index in [1.54, 1.807) is 6.20 Å². The van der Waals surface area contributed by atoms with Gasteiger partial charge >= 0.3 is 0 Å². The van der Waals surface area contributed by atoms with Crippen LogP contribution in [0, 0.1) is 0 Å². The van der Waals surface area contributed by atoms with Crippen LogP contribution >= 0.6 is 0 Å². The van der Waals surface area contributed by atoms with Crippen LogP contribution in [0.2, 0.25) is 0 Å². The maximum Gasteiger partial charge on any atom is 0.238 e. The second-order valence-electron chi connectivity index (χ2n) is 5.06. The van der Waals surface area contributed by atoms with Crippen molar-refractivity contribution in [3.8, 4) is 0 Å². The van der Waals surface area contributed by atoms with Gasteiger partial charge in [-0.1, -0.05) is 6.07 Å². The second-order valence-corrected chi connectivity index (χ2v) is 5.06. The number of hydrogen-bond donors (Lipinski definition) is 2. The zero-order valence-electron chi connectivity index (χ0n) is 11.6. The highest BCUT2D eigenvalue weighted by molar-refractivity contribution is 5.82. The van der Waals surface area contributed by atoms with Gasteiger partial charge in [0.05, 0.1) is 5.69 Å². The summed E-state index contributed by atoms with van der Waals surface area (Å²) in [4.78, 5) is 18.8. The van der Waals surface area contributed by atoms with E-state index in [1.807, 2.05) is 25.2 Å². The van der Waals surface area contributed by atoms with Crippen molar-refractivity contribution in [1.82, 2.24) is 20.5 Å². The van der Waals surface area contributed by atoms with Gasteiger partial charge in [-0.15, -0.1) is 0 Å². The fraction of sp³-hybridized carbons (Fsp3) is 0.571. The van der Waals surface area contributed by atoms with Gasteiger partial charge in [0, 0.05) is 31.9 Å². The summed E-state index contributed by atoms with van der Waals surface area (Å²) in [5, 5.41) is 6.15. The molecule has 1 aromatic heterocycles. The Morgan fingerprint density at radius 3 is 3.05 bits per heavy atom. The van der Waals surface area contributed by atoms with E-state index >= 15 is 0 Å². The molecule has 2 atom stereocenters. The fourth-order valence-electron chi connectivity index (χ4n) is 2.40. The van der Waals surface area contributed by atoms with E-state index in [0.29, 0.717) is 13.1 Å². The largest absolute Gasteiger partial charge is 0.352 e. The summed E-state index contributed by atoms with van der Waals surface area (Å²) in [6.45, 7) is 4.33. The van der Waals surface area contributed by atoms with Gasteiger partial charge in [-0.25, -0.2) is 0 Å². The van der Waals surface area contributed by atoms with E-state index in [1.165, 1.54) is 0 Å². The molecule has 1 amide bonds. The Balaban J connectivity index is 2.12. The molecule has 5 nitrogen and oxygen atoms in total. The number of hydrogen-bond acceptors (Lipinski definition) is 4. The van der Waals surface area contributed by atoms with Gasteiger partial charge in [-0.05, 0) is 32.5 Å². The highest BCUT2D eigenvalue weighted by Crippen LogP contribution is 2.12. The maximum absolute atomic E-state index is 12.2. The topological polar surface area (TPSA) is 57.3 Å². The molecule has 2 N–H and O–H groups in total. The molecule has 1 aliphatic rings. The van der Waals surface area contributed by atoms with E-state index in [-0.39, 0.29) is 18.0 Å². The summed E-state index contributed by atoms with van der Waals surface area (Å²) in [5.74, 6) is 0.107. The zero-order valence-corrected chi connectivity index (χ0v) is 11.6. The smallest absolute Gasteiger partial charge is 0.238 e. The van der Waals surface area contributed by atoms with E-state index in [4.69, 9.17) is 0 Å². The van der Waals surface area contributed by atoms with Crippen LogP contribution in [0.5, 0.6) is 0 Å². The van der Waals surface area contributed by atoms with Gasteiger partial charge in [-0.2, -0.15) is 0 Å². The minimum Gasteiger partial charge on any atom is -0.352 e. The number of nitrogens with one attached hydrogen (secondary N) is 2. The van der Waals surface area contributed by atoms with Crippen molar-refractivity contribution in [2.24, 2.45) is 0 Å². The summed E-state index contributed by atoms with van der Waals surface area (Å²) in [7, 11) is 1.88. The van der Waals surface area contributed by atoms with Crippen LogP contribution in [-0.4, -0.2) is 48.0 Å². The molecule has 1 saturated heterocycles. The highest BCUT2D eigenvalue weighted by atomic mass is 16.2. The lowest BCUT2D eigenvalue weighted by molar-refractivity contribution is -0.126. The Labute approximate surface area is 114 Å². The second kappa shape index (κ2) is 6.63. The lowest BCUT2D eigenvalue weighted by Crippen LogP contribution is -2.49. The number of carbonyl (C=O) groups excluding carboxylic acids is 1. The van der Waals surface area contributed by atoms with Crippen molar-refractivity contribution in [3.63, 3.8) is 0 Å². The lowest BCUT2D eigenvalue weighted by Gasteiger charge is -2.27. The molecule has 0 radical (unpaired) electrons. The predicted octanol–water partition coefficient (Wildman–Crippen LogP) is 0.380. The Morgan fingerprint density at radius 1 is 1.53 bits per heavy atom. The minimum atomic E-state index is -0.128. The SMILES string of the molecule is CNCC1C(=O)NC(C)CCN1Cc1ccccn1. The molecule has 19 heavy (non-hydrogen) atoms. The first-order valence-corrected chi connectivity index (χ1v) is 6.79. The van der Waals surface area contributed by atoms with Crippen LogP contribution in [0.4, 0.5) is 0 Å². The van der Waals surface area contributed by atoms with Crippen LogP contribution < -0.4 is 10.6 Å². The molecule has 1 fully saturated rings. The molecule has 0 aromatic carbocycles. The van der Waals surface area contributed by atoms with E-state index in [9.17, 15) is 4.79 Å². The molecule has 2 heterocycles. The molecular weight excluding hydrogens is 240 g/mol. The molecule has 0 spiro atoms. The first-order chi connectivity index (χ1) is 9.20. The molecule has 1 aromatic rings. The third-order valence-corrected chi connectivity index (χ3v) is 3.47. The zero-order chi connectivity index (χ0) is 13.7. The molecule has 0 aliphatic carbocycles. The van der Waals surface area contributed by atoms with Gasteiger partial charge in [0.15, 0.2) is 0 Å². The number of amides is 1. The number of rotatable bonds is 4. The van der Waals surface area contributed by atoms with Crippen LogP contribution in [-0.2, 0) is 11.3 Å². The summed E-state index contributed by atoms with van der Waals surface area (Å²) in [6.07, 6.45) is 2.77. The minimum absolute atomic E-state index is 0.107. The molecule has 2 rings (SSSR count). The highest BCUT2D eigenvalue weighted by Gasteiger charge is 2.29. The van der Waals surface area contributed by atoms with Crippen molar-refractivity contribution in [2.75, 3.05) is 20.1 Å². The molecule has 0 bridgehead atoms. The molecular formula is C14H22N4O. The Kier molecular flexibility index (Phi) is 4.87. The Hall–Kier alpha value is -1.46. The first kappa shape index (κ1) is 14.0. The average Bonchev–Trinajstić information content (AvgIpc) is 2.53. The maximum atomic E-state index is 12.2. The third-order valence-electron chi connectivity index (χ3n) is 3.47. The van der Waals surface area contributed by atoms with Crippen molar-refractivity contribution >= 4 is 5.91 Å². The summed E-state index contributed by atoms with van der Waals surface area (Å²) < 4.78 is 0. The molecule has 5 heteroatoms. The van der Waals surface area contributed by atoms with Crippen LogP contribution in [0.3, 0.4) is 0 Å². The van der Waals surface area contributed by atoms with Crippen molar-refractivity contribution in [2.45, 2.75) is 32.0 Å². The number of pyridine rings is 1. The average molecular weight is 262 g/mol. The fourth-order valence-corrected chi connectivity index (χ4v) is 2.40. The van der Waals surface area contributed by atoms with Crippen molar-refractivity contribution < 1.29 is 4.79 Å². The number of nitrogens with zero attached hydrogens (tertiary/aromatic N) is 2. The molecule has 1 aliphatic heterocycles. The third kappa shape index (κ3) is 3.75. The number of carbonyl (C=O) groups is 1. The van der Waals surface area contributed by atoms with Gasteiger partial charge < -0.3 is 10.6 Å². The van der Waals surface area contributed by atoms with Crippen LogP contribution in [0.1, 0.15) is 19.0 Å². The predicted molar refractivity (Wildman–Crippen MR) is 74.6 cm³/mol. The van der Waals surface area contributed by atoms with Crippen molar-refractivity contribution in [3.05, 3.63) is 30.1 Å². The van der Waals surface area contributed by atoms with Gasteiger partial charge in [0.25, 0.3) is 0 Å². The summed E-state index contributed by atoms with van der Waals surface area (Å²) in [5.41, 5.74) is 1.01. The number of likely N-dealkylation sites (N-methyl/N-ethyl adjacent to an activating group) is 1. The van der Waals surface area contributed by atoms with E-state index < -0.39 is 0 Å². The normalized spacial score (nSPS) is 24.8. The van der Waals surface area contributed by atoms with Gasteiger partial charge in [0.2, 0.25) is 5.91 Å². The van der Waals surface area contributed by atoms with Gasteiger partial charge in [-0.3, -0.25) is 14.7 Å². The van der Waals surface area contributed by atoms with Crippen molar-refractivity contribution in [1.29, 1.82) is 0 Å². The van der Waals surface area contributed by atoms with E-state index in [0.717, 1.165) is 18.7 Å². The van der Waals surface area contributed by atoms with Gasteiger partial charge in [0.1, 0.15) is 6.04 Å². The van der Waals surface area contributed by atoms with E-state index in [2.05, 4.69) is 27.4 Å². The molecule has 104 valence electrons. The quantitative estimate of drug-likeness (QED) is 0.823. The molecule has 0 saturated carbocycles. The first-order valence-electron chi connectivity index (χ1n) is 6.79. The number of aromatic nitrogens is 1. The van der Waals surface area contributed by atoms with Crippen LogP contribution in [0.25, 0.3) is 0 Å². The Bertz CT molecular complexity index is 409. The summed E-state index contributed by atoms with van der Waals surface area (Å²) >= 11 is 0. The molecule has 2 unspecified atom stereocenters. The monoisotopic (exact) mass is 262 g/mol. The lowest BCUT2D eigenvalue weighted by atomic mass is 10.2. The van der Waals surface area contributed by atoms with Crippen LogP contribution in [0.15, 0.2) is 24.4 Å².